The number of nitrogens with zero attached hydrogens (tertiary/aromatic N) is 1. The van der Waals surface area contributed by atoms with Gasteiger partial charge in [-0.15, -0.1) is 0 Å². The van der Waals surface area contributed by atoms with Crippen LogP contribution in [0, 0.1) is 5.92 Å². The second-order valence-corrected chi connectivity index (χ2v) is 5.85. The van der Waals surface area contributed by atoms with Gasteiger partial charge in [-0.25, -0.2) is 0 Å². The molecule has 4 heteroatoms. The fraction of sp³-hybridized carbons (Fsp3) is 0.923. The Morgan fingerprint density at radius 2 is 2.18 bits per heavy atom. The number of nitrogens with two attached hydrogens (primary N) is 1. The second kappa shape index (κ2) is 5.83. The maximum Gasteiger partial charge on any atom is 0.323 e. The molecule has 1 heterocycles. The summed E-state index contributed by atoms with van der Waals surface area (Å²) in [4.78, 5) is 13.4. The number of carboxylic acid groups (broad SMARTS) is 1. The van der Waals surface area contributed by atoms with E-state index in [0.29, 0.717) is 6.42 Å². The SMILES string of the molecule is CC1CCCN(C(C)CC(C)(N)C(=O)O)CC1. The molecule has 1 saturated heterocycles. The number of hydrogen-bond acceptors (Lipinski definition) is 3. The Morgan fingerprint density at radius 3 is 2.76 bits per heavy atom. The lowest BCUT2D eigenvalue weighted by Crippen LogP contribution is -2.50. The third kappa shape index (κ3) is 4.28. The lowest BCUT2D eigenvalue weighted by atomic mass is 9.94. The summed E-state index contributed by atoms with van der Waals surface area (Å²) in [7, 11) is 0. The molecule has 0 radical (unpaired) electrons. The van der Waals surface area contributed by atoms with Gasteiger partial charge in [0.25, 0.3) is 0 Å². The molecule has 1 fully saturated rings. The number of rotatable bonds is 4. The second-order valence-electron chi connectivity index (χ2n) is 5.85. The van der Waals surface area contributed by atoms with Crippen molar-refractivity contribution in [2.75, 3.05) is 13.1 Å². The van der Waals surface area contributed by atoms with Crippen LogP contribution in [0.15, 0.2) is 0 Å². The zero-order valence-corrected chi connectivity index (χ0v) is 11.3. The third-order valence-electron chi connectivity index (χ3n) is 3.88. The molecule has 4 nitrogen and oxygen atoms in total. The Balaban J connectivity index is 2.52. The van der Waals surface area contributed by atoms with Crippen molar-refractivity contribution in [3.63, 3.8) is 0 Å². The summed E-state index contributed by atoms with van der Waals surface area (Å²) >= 11 is 0. The van der Waals surface area contributed by atoms with E-state index in [1.54, 1.807) is 6.92 Å². The van der Waals surface area contributed by atoms with Gasteiger partial charge in [0.2, 0.25) is 0 Å². The van der Waals surface area contributed by atoms with Gasteiger partial charge in [0.05, 0.1) is 0 Å². The Kier molecular flexibility index (Phi) is 4.95. The van der Waals surface area contributed by atoms with Gasteiger partial charge in [0.1, 0.15) is 5.54 Å². The smallest absolute Gasteiger partial charge is 0.323 e. The predicted molar refractivity (Wildman–Crippen MR) is 68.9 cm³/mol. The van der Waals surface area contributed by atoms with Crippen molar-refractivity contribution in [3.8, 4) is 0 Å². The van der Waals surface area contributed by atoms with E-state index < -0.39 is 11.5 Å². The van der Waals surface area contributed by atoms with Crippen LogP contribution in [-0.4, -0.2) is 40.6 Å². The predicted octanol–water partition coefficient (Wildman–Crippen LogP) is 1.69. The maximum atomic E-state index is 11.0. The topological polar surface area (TPSA) is 66.6 Å². The first-order chi connectivity index (χ1) is 7.83. The fourth-order valence-electron chi connectivity index (χ4n) is 2.56. The molecule has 0 spiro atoms. The number of likely N-dealkylation sites (tertiary alicyclic amines) is 1. The number of aliphatic carboxylic acids is 1. The molecular weight excluding hydrogens is 216 g/mol. The molecule has 1 aliphatic heterocycles. The molecule has 0 aromatic heterocycles. The van der Waals surface area contributed by atoms with E-state index in [1.807, 2.05) is 0 Å². The van der Waals surface area contributed by atoms with E-state index in [9.17, 15) is 4.79 Å². The van der Waals surface area contributed by atoms with Gasteiger partial charge in [-0.3, -0.25) is 4.79 Å². The summed E-state index contributed by atoms with van der Waals surface area (Å²) in [6.45, 7) is 8.12. The zero-order chi connectivity index (χ0) is 13.1. The van der Waals surface area contributed by atoms with E-state index in [-0.39, 0.29) is 6.04 Å². The molecule has 17 heavy (non-hydrogen) atoms. The minimum Gasteiger partial charge on any atom is -0.480 e. The summed E-state index contributed by atoms with van der Waals surface area (Å²) in [5.41, 5.74) is 4.69. The molecule has 0 bridgehead atoms. The highest BCUT2D eigenvalue weighted by Crippen LogP contribution is 2.21. The third-order valence-corrected chi connectivity index (χ3v) is 3.88. The van der Waals surface area contributed by atoms with E-state index in [2.05, 4.69) is 18.7 Å². The molecule has 0 amide bonds. The average Bonchev–Trinajstić information content (AvgIpc) is 2.42. The average molecular weight is 242 g/mol. The summed E-state index contributed by atoms with van der Waals surface area (Å²) in [5.74, 6) is -0.122. The Bertz CT molecular complexity index is 266. The number of carbonyl (C=O) groups is 1. The van der Waals surface area contributed by atoms with Crippen LogP contribution in [-0.2, 0) is 4.79 Å². The summed E-state index contributed by atoms with van der Waals surface area (Å²) < 4.78 is 0. The van der Waals surface area contributed by atoms with E-state index >= 15 is 0 Å². The normalized spacial score (nSPS) is 28.1. The largest absolute Gasteiger partial charge is 0.480 e. The minimum absolute atomic E-state index is 0.242. The first kappa shape index (κ1) is 14.5. The molecule has 100 valence electrons. The van der Waals surface area contributed by atoms with E-state index in [1.165, 1.54) is 19.3 Å². The van der Waals surface area contributed by atoms with Gasteiger partial charge < -0.3 is 15.7 Å². The van der Waals surface area contributed by atoms with Crippen molar-refractivity contribution in [1.29, 1.82) is 0 Å². The van der Waals surface area contributed by atoms with Gasteiger partial charge in [-0.2, -0.15) is 0 Å². The van der Waals surface area contributed by atoms with Crippen molar-refractivity contribution in [3.05, 3.63) is 0 Å². The van der Waals surface area contributed by atoms with Crippen LogP contribution in [0.4, 0.5) is 0 Å². The molecule has 1 rings (SSSR count). The van der Waals surface area contributed by atoms with E-state index in [0.717, 1.165) is 19.0 Å². The van der Waals surface area contributed by atoms with Crippen molar-refractivity contribution in [2.45, 2.75) is 58.0 Å². The maximum absolute atomic E-state index is 11.0. The molecule has 0 aromatic rings. The first-order valence-electron chi connectivity index (χ1n) is 6.59. The van der Waals surface area contributed by atoms with Crippen LogP contribution < -0.4 is 5.73 Å². The molecule has 3 atom stereocenters. The van der Waals surface area contributed by atoms with Crippen LogP contribution in [0.1, 0.15) is 46.5 Å². The highest BCUT2D eigenvalue weighted by Gasteiger charge is 2.32. The van der Waals surface area contributed by atoms with Gasteiger partial charge in [0.15, 0.2) is 0 Å². The Morgan fingerprint density at radius 1 is 1.53 bits per heavy atom. The summed E-state index contributed by atoms with van der Waals surface area (Å²) in [6.07, 6.45) is 4.21. The van der Waals surface area contributed by atoms with Crippen LogP contribution in [0.3, 0.4) is 0 Å². The summed E-state index contributed by atoms with van der Waals surface area (Å²) in [6, 6.07) is 0.242. The summed E-state index contributed by atoms with van der Waals surface area (Å²) in [5, 5.41) is 9.04. The van der Waals surface area contributed by atoms with Crippen molar-refractivity contribution >= 4 is 5.97 Å². The standard InChI is InChI=1S/C13H26N2O2/c1-10-5-4-7-15(8-6-10)11(2)9-13(3,14)12(16)17/h10-11H,4-9,14H2,1-3H3,(H,16,17). The van der Waals surface area contributed by atoms with Crippen LogP contribution in [0.25, 0.3) is 0 Å². The Hall–Kier alpha value is -0.610. The molecular formula is C13H26N2O2. The molecule has 0 aliphatic carbocycles. The van der Waals surface area contributed by atoms with Crippen molar-refractivity contribution < 1.29 is 9.90 Å². The molecule has 1 aliphatic rings. The van der Waals surface area contributed by atoms with Gasteiger partial charge in [0, 0.05) is 6.04 Å². The zero-order valence-electron chi connectivity index (χ0n) is 11.3. The van der Waals surface area contributed by atoms with Gasteiger partial charge >= 0.3 is 5.97 Å². The Labute approximate surface area is 104 Å². The molecule has 3 unspecified atom stereocenters. The van der Waals surface area contributed by atoms with Gasteiger partial charge in [-0.1, -0.05) is 6.92 Å². The quantitative estimate of drug-likeness (QED) is 0.787. The lowest BCUT2D eigenvalue weighted by Gasteiger charge is -2.32. The van der Waals surface area contributed by atoms with Crippen molar-refractivity contribution in [2.24, 2.45) is 11.7 Å². The van der Waals surface area contributed by atoms with E-state index in [4.69, 9.17) is 10.8 Å². The lowest BCUT2D eigenvalue weighted by molar-refractivity contribution is -0.143. The highest BCUT2D eigenvalue weighted by atomic mass is 16.4. The highest BCUT2D eigenvalue weighted by molar-refractivity contribution is 5.77. The fourth-order valence-corrected chi connectivity index (χ4v) is 2.56. The molecule has 3 N–H and O–H groups in total. The molecule has 0 aromatic carbocycles. The van der Waals surface area contributed by atoms with Crippen LogP contribution >= 0.6 is 0 Å². The van der Waals surface area contributed by atoms with Crippen LogP contribution in [0.5, 0.6) is 0 Å². The van der Waals surface area contributed by atoms with Gasteiger partial charge in [-0.05, 0) is 58.5 Å². The monoisotopic (exact) mass is 242 g/mol. The number of hydrogen-bond donors (Lipinski definition) is 2. The van der Waals surface area contributed by atoms with Crippen LogP contribution in [0.2, 0.25) is 0 Å². The molecule has 0 saturated carbocycles. The first-order valence-corrected chi connectivity index (χ1v) is 6.59. The minimum atomic E-state index is -1.11. The number of carboxylic acids is 1. The van der Waals surface area contributed by atoms with Crippen molar-refractivity contribution in [1.82, 2.24) is 4.90 Å².